The Morgan fingerprint density at radius 3 is 2.52 bits per heavy atom. The van der Waals surface area contributed by atoms with Crippen LogP contribution in [0.15, 0.2) is 54.6 Å². The van der Waals surface area contributed by atoms with Crippen molar-refractivity contribution in [1.29, 1.82) is 0 Å². The summed E-state index contributed by atoms with van der Waals surface area (Å²) in [6.45, 7) is 2.43. The number of carbonyl (C=O) groups is 4. The first-order chi connectivity index (χ1) is 20.1. The summed E-state index contributed by atoms with van der Waals surface area (Å²) >= 11 is 5.95. The van der Waals surface area contributed by atoms with Crippen LogP contribution in [0.4, 0.5) is 13.6 Å². The van der Waals surface area contributed by atoms with Crippen molar-refractivity contribution in [2.75, 3.05) is 13.7 Å². The molecule has 1 fully saturated rings. The van der Waals surface area contributed by atoms with Crippen molar-refractivity contribution >= 4 is 45.2 Å². The molecule has 1 unspecified atom stereocenters. The van der Waals surface area contributed by atoms with Gasteiger partial charge in [0.2, 0.25) is 11.8 Å². The summed E-state index contributed by atoms with van der Waals surface area (Å²) in [5, 5.41) is 5.49. The molecule has 0 bridgehead atoms. The van der Waals surface area contributed by atoms with E-state index in [2.05, 4.69) is 15.6 Å². The van der Waals surface area contributed by atoms with Gasteiger partial charge in [-0.1, -0.05) is 73.8 Å². The molecule has 3 rings (SSSR count). The van der Waals surface area contributed by atoms with E-state index in [0.29, 0.717) is 25.8 Å². The van der Waals surface area contributed by atoms with Gasteiger partial charge in [0.05, 0.1) is 7.11 Å². The van der Waals surface area contributed by atoms with Gasteiger partial charge >= 0.3 is 18.0 Å². The van der Waals surface area contributed by atoms with Crippen LogP contribution in [0, 0.1) is 5.92 Å². The van der Waals surface area contributed by atoms with Crippen LogP contribution in [0.2, 0.25) is 10.6 Å². The number of hydrogen-bond donors (Lipinski definition) is 3. The van der Waals surface area contributed by atoms with Gasteiger partial charge in [0.1, 0.15) is 15.7 Å². The lowest BCUT2D eigenvalue weighted by Crippen LogP contribution is -2.47. The highest BCUT2D eigenvalue weighted by atomic mass is 35.5. The second kappa shape index (κ2) is 15.6. The predicted octanol–water partition coefficient (Wildman–Crippen LogP) is 4.15. The van der Waals surface area contributed by atoms with E-state index in [1.165, 1.54) is 37.4 Å². The fourth-order valence-electron chi connectivity index (χ4n) is 4.76. The molecule has 1 heterocycles. The Balaban J connectivity index is 1.72. The number of unbranched alkanes of at least 4 members (excludes halogenated alkanes) is 1. The molecule has 0 aromatic heterocycles. The second-order valence-corrected chi connectivity index (χ2v) is 12.3. The molecular formula is C29H36ClF2N3O6Si. The number of esters is 1. The molecule has 3 amide bonds. The van der Waals surface area contributed by atoms with Crippen LogP contribution in [0.3, 0.4) is 0 Å². The SMILES string of the molecule is CCCC[C@H]([SiH2]NC(=O)OC(c1ccccc1)C(F)(F)c1cccc(Cl)c1)C(=O)N[C@@H](C[C@@H]1CCNC1=O)C(=O)OC. The minimum Gasteiger partial charge on any atom is -0.467 e. The number of methoxy groups -OCH3 is 1. The minimum absolute atomic E-state index is 0.0800. The first-order valence-corrected chi connectivity index (χ1v) is 15.8. The van der Waals surface area contributed by atoms with Crippen molar-refractivity contribution in [2.45, 2.75) is 62.6 Å². The third-order valence-electron chi connectivity index (χ3n) is 7.12. The quantitative estimate of drug-likeness (QED) is 0.215. The fourth-order valence-corrected chi connectivity index (χ4v) is 6.24. The molecule has 1 saturated heterocycles. The Labute approximate surface area is 250 Å². The first-order valence-electron chi connectivity index (χ1n) is 13.9. The van der Waals surface area contributed by atoms with Gasteiger partial charge in [-0.3, -0.25) is 9.59 Å². The molecule has 9 nitrogen and oxygen atoms in total. The molecule has 1 aliphatic heterocycles. The number of ether oxygens (including phenoxy) is 2. The van der Waals surface area contributed by atoms with E-state index in [-0.39, 0.29) is 22.9 Å². The van der Waals surface area contributed by atoms with Crippen LogP contribution in [0.25, 0.3) is 0 Å². The molecule has 0 saturated carbocycles. The van der Waals surface area contributed by atoms with Crippen molar-refractivity contribution in [3.05, 3.63) is 70.7 Å². The number of nitrogens with one attached hydrogen (secondary N) is 3. The smallest absolute Gasteiger partial charge is 0.399 e. The van der Waals surface area contributed by atoms with Crippen LogP contribution in [0.5, 0.6) is 0 Å². The van der Waals surface area contributed by atoms with Crippen molar-refractivity contribution in [3.63, 3.8) is 0 Å². The molecule has 4 atom stereocenters. The highest BCUT2D eigenvalue weighted by Crippen LogP contribution is 2.43. The van der Waals surface area contributed by atoms with E-state index >= 15 is 8.78 Å². The summed E-state index contributed by atoms with van der Waals surface area (Å²) in [6, 6.07) is 11.8. The Morgan fingerprint density at radius 2 is 1.90 bits per heavy atom. The van der Waals surface area contributed by atoms with Gasteiger partial charge in [0, 0.05) is 28.6 Å². The molecule has 2 aromatic rings. The summed E-state index contributed by atoms with van der Waals surface area (Å²) in [4.78, 5) is 53.2. The summed E-state index contributed by atoms with van der Waals surface area (Å²) in [7, 11) is -0.575. The average molecular weight is 624 g/mol. The van der Waals surface area contributed by atoms with E-state index < -0.39 is 62.7 Å². The number of amides is 3. The Kier molecular flexibility index (Phi) is 12.3. The van der Waals surface area contributed by atoms with Crippen molar-refractivity contribution in [2.24, 2.45) is 5.92 Å². The number of rotatable bonds is 14. The maximum Gasteiger partial charge on any atom is 0.399 e. The summed E-state index contributed by atoms with van der Waals surface area (Å²) in [5.74, 6) is -5.41. The molecule has 3 N–H and O–H groups in total. The Morgan fingerprint density at radius 1 is 1.17 bits per heavy atom. The molecule has 13 heteroatoms. The molecular weight excluding hydrogens is 588 g/mol. The summed E-state index contributed by atoms with van der Waals surface area (Å²) in [5.41, 5.74) is -0.999. The number of carbonyl (C=O) groups excluding carboxylic acids is 4. The van der Waals surface area contributed by atoms with E-state index in [4.69, 9.17) is 21.1 Å². The lowest BCUT2D eigenvalue weighted by molar-refractivity contribution is -0.145. The first kappa shape index (κ1) is 33.0. The summed E-state index contributed by atoms with van der Waals surface area (Å²) in [6.07, 6.45) is -0.588. The maximum absolute atomic E-state index is 15.7. The normalized spacial score (nSPS) is 17.3. The third kappa shape index (κ3) is 8.99. The molecule has 2 aromatic carbocycles. The zero-order valence-corrected chi connectivity index (χ0v) is 25.7. The Hall–Kier alpha value is -3.51. The molecule has 0 spiro atoms. The second-order valence-electron chi connectivity index (χ2n) is 10.1. The van der Waals surface area contributed by atoms with Crippen LogP contribution >= 0.6 is 11.6 Å². The molecule has 1 aliphatic rings. The molecule has 0 radical (unpaired) electrons. The van der Waals surface area contributed by atoms with Gasteiger partial charge in [0.25, 0.3) is 0 Å². The average Bonchev–Trinajstić information content (AvgIpc) is 3.39. The number of hydrogen-bond acceptors (Lipinski definition) is 6. The third-order valence-corrected chi connectivity index (χ3v) is 9.12. The monoisotopic (exact) mass is 623 g/mol. The largest absolute Gasteiger partial charge is 0.467 e. The van der Waals surface area contributed by atoms with Crippen LogP contribution < -0.4 is 15.6 Å². The predicted molar refractivity (Wildman–Crippen MR) is 156 cm³/mol. The maximum atomic E-state index is 15.7. The minimum atomic E-state index is -3.62. The van der Waals surface area contributed by atoms with Crippen molar-refractivity contribution in [1.82, 2.24) is 15.6 Å². The van der Waals surface area contributed by atoms with Crippen molar-refractivity contribution in [3.8, 4) is 0 Å². The highest BCUT2D eigenvalue weighted by Gasteiger charge is 2.45. The topological polar surface area (TPSA) is 123 Å². The van der Waals surface area contributed by atoms with E-state index in [0.717, 1.165) is 12.5 Å². The van der Waals surface area contributed by atoms with Crippen LogP contribution in [-0.4, -0.2) is 53.3 Å². The Bertz CT molecular complexity index is 1240. The van der Waals surface area contributed by atoms with E-state index in [1.807, 2.05) is 6.92 Å². The standard InChI is InChI=1S/C29H36ClF2N3O6Si/c1-3-4-13-23(26(37)34-22(27(38)40-2)16-19-14-15-33-25(19)36)42-35-28(39)41-24(18-9-6-5-7-10-18)29(31,32)20-11-8-12-21(30)17-20/h5-12,17,19,22-24H,3-4,13-16,42H2,1-2H3,(H,33,36)(H,34,37)(H,35,39)/t19-,22-,23-,24?/m0/s1. The van der Waals surface area contributed by atoms with Crippen molar-refractivity contribution < 1.29 is 37.4 Å². The van der Waals surface area contributed by atoms with Gasteiger partial charge < -0.3 is 25.1 Å². The van der Waals surface area contributed by atoms with Gasteiger partial charge in [-0.05, 0) is 37.0 Å². The van der Waals surface area contributed by atoms with Crippen LogP contribution in [0.1, 0.15) is 56.3 Å². The van der Waals surface area contributed by atoms with Crippen LogP contribution in [-0.2, 0) is 29.8 Å². The van der Waals surface area contributed by atoms with E-state index in [1.54, 1.807) is 18.2 Å². The fraction of sp³-hybridized carbons (Fsp3) is 0.448. The number of benzene rings is 2. The lowest BCUT2D eigenvalue weighted by atomic mass is 9.97. The zero-order chi connectivity index (χ0) is 30.7. The molecule has 0 aliphatic carbocycles. The molecule has 42 heavy (non-hydrogen) atoms. The lowest BCUT2D eigenvalue weighted by Gasteiger charge is -2.28. The van der Waals surface area contributed by atoms with Gasteiger partial charge in [0.15, 0.2) is 6.10 Å². The zero-order valence-electron chi connectivity index (χ0n) is 23.5. The van der Waals surface area contributed by atoms with Gasteiger partial charge in [-0.2, -0.15) is 8.78 Å². The highest BCUT2D eigenvalue weighted by molar-refractivity contribution is 6.44. The van der Waals surface area contributed by atoms with Gasteiger partial charge in [-0.15, -0.1) is 0 Å². The van der Waals surface area contributed by atoms with Gasteiger partial charge in [-0.25, -0.2) is 9.59 Å². The van der Waals surface area contributed by atoms with E-state index in [9.17, 15) is 19.2 Å². The number of alkyl halides is 2. The summed E-state index contributed by atoms with van der Waals surface area (Å²) < 4.78 is 41.5. The number of halogens is 3. The molecule has 228 valence electrons.